The maximum absolute atomic E-state index is 13.5. The number of nitrogens with zero attached hydrogens (tertiary/aromatic N) is 5. The van der Waals surface area contributed by atoms with Crippen molar-refractivity contribution in [3.63, 3.8) is 0 Å². The summed E-state index contributed by atoms with van der Waals surface area (Å²) in [5, 5.41) is 15.1. The molecule has 0 radical (unpaired) electrons. The highest BCUT2D eigenvalue weighted by atomic mass is 19.1. The van der Waals surface area contributed by atoms with Gasteiger partial charge in [-0.2, -0.15) is 4.80 Å². The van der Waals surface area contributed by atoms with Crippen LogP contribution < -0.4 is 5.32 Å². The second kappa shape index (κ2) is 11.4. The third kappa shape index (κ3) is 6.23. The summed E-state index contributed by atoms with van der Waals surface area (Å²) in [6, 6.07) is 11.3. The Bertz CT molecular complexity index is 1250. The lowest BCUT2D eigenvalue weighted by Gasteiger charge is -2.29. The summed E-state index contributed by atoms with van der Waals surface area (Å²) < 4.78 is 24.2. The molecule has 0 saturated carbocycles. The van der Waals surface area contributed by atoms with Gasteiger partial charge in [0.15, 0.2) is 6.04 Å². The number of tetrazole rings is 1. The molecule has 0 spiro atoms. The highest BCUT2D eigenvalue weighted by molar-refractivity contribution is 5.88. The molecule has 2 amide bonds. The average Bonchev–Trinajstić information content (AvgIpc) is 3.63. The van der Waals surface area contributed by atoms with Gasteiger partial charge in [-0.1, -0.05) is 13.8 Å². The Kier molecular flexibility index (Phi) is 7.89. The number of nitrogens with one attached hydrogen (secondary N) is 1. The Morgan fingerprint density at radius 1 is 1.08 bits per heavy atom. The molecule has 0 fully saturated rings. The molecule has 0 aliphatic rings. The lowest BCUT2D eigenvalue weighted by Crippen LogP contribution is -2.45. The van der Waals surface area contributed by atoms with Crippen LogP contribution in [0.25, 0.3) is 11.4 Å². The first-order valence-electron chi connectivity index (χ1n) is 11.6. The molecule has 0 saturated heterocycles. The van der Waals surface area contributed by atoms with Crippen LogP contribution in [0, 0.1) is 11.7 Å². The van der Waals surface area contributed by atoms with Gasteiger partial charge < -0.3 is 19.1 Å². The number of hydrogen-bond donors (Lipinski definition) is 1. The van der Waals surface area contributed by atoms with Crippen LogP contribution in [-0.4, -0.2) is 43.5 Å². The number of aromatic nitrogens is 4. The van der Waals surface area contributed by atoms with E-state index in [9.17, 15) is 14.0 Å². The van der Waals surface area contributed by atoms with E-state index in [2.05, 4.69) is 34.6 Å². The minimum absolute atomic E-state index is 0.0221. The molecule has 0 bridgehead atoms. The summed E-state index contributed by atoms with van der Waals surface area (Å²) in [6.07, 6.45) is 3.74. The van der Waals surface area contributed by atoms with E-state index in [-0.39, 0.29) is 30.6 Å². The topological polar surface area (TPSA) is 119 Å². The first-order chi connectivity index (χ1) is 17.4. The molecule has 1 aromatic carbocycles. The van der Waals surface area contributed by atoms with E-state index in [0.29, 0.717) is 29.5 Å². The van der Waals surface area contributed by atoms with Crippen LogP contribution >= 0.6 is 0 Å². The number of benzene rings is 1. The van der Waals surface area contributed by atoms with E-state index in [0.717, 1.165) is 11.2 Å². The zero-order valence-electron chi connectivity index (χ0n) is 20.0. The molecular formula is C25H27FN6O4. The molecular weight excluding hydrogens is 467 g/mol. The number of furan rings is 2. The van der Waals surface area contributed by atoms with E-state index in [1.165, 1.54) is 41.7 Å². The molecule has 3 aromatic heterocycles. The van der Waals surface area contributed by atoms with Gasteiger partial charge >= 0.3 is 0 Å². The van der Waals surface area contributed by atoms with Crippen molar-refractivity contribution in [2.75, 3.05) is 6.54 Å². The number of rotatable bonds is 11. The van der Waals surface area contributed by atoms with Gasteiger partial charge in [-0.05, 0) is 66.1 Å². The molecule has 0 unspecified atom stereocenters. The Balaban J connectivity index is 1.58. The first-order valence-corrected chi connectivity index (χ1v) is 11.6. The second-order valence-corrected chi connectivity index (χ2v) is 8.64. The monoisotopic (exact) mass is 494 g/mol. The normalized spacial score (nSPS) is 12.0. The Morgan fingerprint density at radius 2 is 1.83 bits per heavy atom. The van der Waals surface area contributed by atoms with Gasteiger partial charge in [-0.3, -0.25) is 9.59 Å². The summed E-state index contributed by atoms with van der Waals surface area (Å²) >= 11 is 0. The fraction of sp³-hybridized carbons (Fsp3) is 0.320. The van der Waals surface area contributed by atoms with E-state index in [1.807, 2.05) is 0 Å². The fourth-order valence-electron chi connectivity index (χ4n) is 3.58. The Morgan fingerprint density at radius 3 is 2.50 bits per heavy atom. The number of carbonyl (C=O) groups excluding carboxylic acids is 2. The third-order valence-electron chi connectivity index (χ3n) is 5.45. The van der Waals surface area contributed by atoms with Crippen LogP contribution in [0.4, 0.5) is 4.39 Å². The molecule has 11 heteroatoms. The standard InChI is InChI=1S/C25H27FN6O4/c1-17(2)11-12-27-25(34)23(21-6-4-14-36-21)31(15-20-5-3-13-35-20)22(33)16-32-29-24(28-30-32)18-7-9-19(26)10-8-18/h3-10,13-14,17,23H,11-12,15-16H2,1-2H3,(H,27,34)/t23-/m0/s1. The Labute approximate surface area is 207 Å². The summed E-state index contributed by atoms with van der Waals surface area (Å²) in [6.45, 7) is 4.32. The SMILES string of the molecule is CC(C)CCNC(=O)[C@H](c1ccco1)N(Cc1ccco1)C(=O)Cn1nnc(-c2ccc(F)cc2)n1. The zero-order chi connectivity index (χ0) is 25.5. The van der Waals surface area contributed by atoms with Crippen molar-refractivity contribution in [3.8, 4) is 11.4 Å². The van der Waals surface area contributed by atoms with Crippen LogP contribution in [0.15, 0.2) is 69.9 Å². The smallest absolute Gasteiger partial charge is 0.250 e. The van der Waals surface area contributed by atoms with Crippen LogP contribution in [-0.2, 0) is 22.7 Å². The van der Waals surface area contributed by atoms with Crippen LogP contribution in [0.5, 0.6) is 0 Å². The molecule has 1 atom stereocenters. The summed E-state index contributed by atoms with van der Waals surface area (Å²) in [5.74, 6) is 0.254. The quantitative estimate of drug-likeness (QED) is 0.338. The van der Waals surface area contributed by atoms with Gasteiger partial charge in [-0.25, -0.2) is 4.39 Å². The number of halogens is 1. The van der Waals surface area contributed by atoms with Crippen molar-refractivity contribution in [3.05, 3.63) is 78.4 Å². The second-order valence-electron chi connectivity index (χ2n) is 8.64. The van der Waals surface area contributed by atoms with Crippen molar-refractivity contribution in [2.24, 2.45) is 5.92 Å². The molecule has 36 heavy (non-hydrogen) atoms. The van der Waals surface area contributed by atoms with Gasteiger partial charge in [0.25, 0.3) is 5.91 Å². The minimum atomic E-state index is -1.04. The highest BCUT2D eigenvalue weighted by Crippen LogP contribution is 2.25. The molecule has 0 aliphatic heterocycles. The summed E-state index contributed by atoms with van der Waals surface area (Å²) in [7, 11) is 0. The number of hydrogen-bond acceptors (Lipinski definition) is 7. The lowest BCUT2D eigenvalue weighted by atomic mass is 10.1. The zero-order valence-corrected chi connectivity index (χ0v) is 20.0. The molecule has 188 valence electrons. The van der Waals surface area contributed by atoms with Gasteiger partial charge in [0.1, 0.15) is 23.9 Å². The van der Waals surface area contributed by atoms with Crippen molar-refractivity contribution in [1.82, 2.24) is 30.4 Å². The molecule has 10 nitrogen and oxygen atoms in total. The molecule has 1 N–H and O–H groups in total. The minimum Gasteiger partial charge on any atom is -0.467 e. The largest absolute Gasteiger partial charge is 0.467 e. The van der Waals surface area contributed by atoms with Crippen LogP contribution in [0.1, 0.15) is 37.8 Å². The number of carbonyl (C=O) groups is 2. The maximum atomic E-state index is 13.5. The van der Waals surface area contributed by atoms with Gasteiger partial charge in [0.05, 0.1) is 19.1 Å². The fourth-order valence-corrected chi connectivity index (χ4v) is 3.58. The van der Waals surface area contributed by atoms with Crippen molar-refractivity contribution < 1.29 is 22.8 Å². The van der Waals surface area contributed by atoms with Gasteiger partial charge in [0.2, 0.25) is 11.7 Å². The Hall–Kier alpha value is -4.28. The van der Waals surface area contributed by atoms with Crippen LogP contribution in [0.2, 0.25) is 0 Å². The van der Waals surface area contributed by atoms with E-state index in [1.54, 1.807) is 24.3 Å². The lowest BCUT2D eigenvalue weighted by molar-refractivity contribution is -0.143. The van der Waals surface area contributed by atoms with Gasteiger partial charge in [0, 0.05) is 12.1 Å². The predicted octanol–water partition coefficient (Wildman–Crippen LogP) is 3.60. The van der Waals surface area contributed by atoms with Gasteiger partial charge in [-0.15, -0.1) is 10.2 Å². The van der Waals surface area contributed by atoms with Crippen molar-refractivity contribution in [2.45, 2.75) is 39.4 Å². The summed E-state index contributed by atoms with van der Waals surface area (Å²) in [4.78, 5) is 29.3. The maximum Gasteiger partial charge on any atom is 0.250 e. The van der Waals surface area contributed by atoms with E-state index >= 15 is 0 Å². The summed E-state index contributed by atoms with van der Waals surface area (Å²) in [5.41, 5.74) is 0.556. The molecule has 0 aliphatic carbocycles. The van der Waals surface area contributed by atoms with Crippen molar-refractivity contribution in [1.29, 1.82) is 0 Å². The molecule has 4 aromatic rings. The predicted molar refractivity (Wildman–Crippen MR) is 126 cm³/mol. The highest BCUT2D eigenvalue weighted by Gasteiger charge is 2.34. The van der Waals surface area contributed by atoms with E-state index < -0.39 is 11.9 Å². The first kappa shape index (κ1) is 24.8. The molecule has 3 heterocycles. The van der Waals surface area contributed by atoms with E-state index in [4.69, 9.17) is 8.83 Å². The number of amides is 2. The van der Waals surface area contributed by atoms with Crippen LogP contribution in [0.3, 0.4) is 0 Å². The molecule has 4 rings (SSSR count). The average molecular weight is 495 g/mol. The third-order valence-corrected chi connectivity index (χ3v) is 5.45. The van der Waals surface area contributed by atoms with Crippen molar-refractivity contribution >= 4 is 11.8 Å².